The Morgan fingerprint density at radius 3 is 2.76 bits per heavy atom. The molecule has 1 aromatic carbocycles. The van der Waals surface area contributed by atoms with E-state index in [1.54, 1.807) is 0 Å². The average molecular weight is 290 g/mol. The van der Waals surface area contributed by atoms with Crippen molar-refractivity contribution in [2.75, 3.05) is 19.7 Å². The summed E-state index contributed by atoms with van der Waals surface area (Å²) in [6.07, 6.45) is 2.13. The van der Waals surface area contributed by atoms with Crippen molar-refractivity contribution in [3.05, 3.63) is 35.9 Å². The highest BCUT2D eigenvalue weighted by Crippen LogP contribution is 2.19. The van der Waals surface area contributed by atoms with Gasteiger partial charge in [0.2, 0.25) is 5.91 Å². The SMILES string of the molecule is CC(C)CCOC1CCN(C(=O)C(N)c2ccccc2)C1. The third-order valence-corrected chi connectivity index (χ3v) is 3.93. The van der Waals surface area contributed by atoms with Gasteiger partial charge in [0.15, 0.2) is 0 Å². The van der Waals surface area contributed by atoms with Crippen LogP contribution in [0.3, 0.4) is 0 Å². The van der Waals surface area contributed by atoms with Gasteiger partial charge in [0, 0.05) is 19.7 Å². The van der Waals surface area contributed by atoms with E-state index in [2.05, 4.69) is 13.8 Å². The van der Waals surface area contributed by atoms with Crippen LogP contribution >= 0.6 is 0 Å². The molecule has 0 saturated carbocycles. The number of likely N-dealkylation sites (tertiary alicyclic amines) is 1. The molecule has 4 heteroatoms. The minimum Gasteiger partial charge on any atom is -0.376 e. The summed E-state index contributed by atoms with van der Waals surface area (Å²) < 4.78 is 5.84. The van der Waals surface area contributed by atoms with Gasteiger partial charge < -0.3 is 15.4 Å². The van der Waals surface area contributed by atoms with Gasteiger partial charge in [-0.25, -0.2) is 0 Å². The molecule has 1 aromatic rings. The van der Waals surface area contributed by atoms with Gasteiger partial charge in [-0.05, 0) is 24.3 Å². The van der Waals surface area contributed by atoms with E-state index < -0.39 is 6.04 Å². The lowest BCUT2D eigenvalue weighted by molar-refractivity contribution is -0.132. The second kappa shape index (κ2) is 7.57. The third-order valence-electron chi connectivity index (χ3n) is 3.93. The molecule has 4 nitrogen and oxygen atoms in total. The number of benzene rings is 1. The molecular weight excluding hydrogens is 264 g/mol. The molecule has 0 bridgehead atoms. The summed E-state index contributed by atoms with van der Waals surface area (Å²) in [6.45, 7) is 6.55. The molecule has 2 atom stereocenters. The standard InChI is InChI=1S/C17H26N2O2/c1-13(2)9-11-21-15-8-10-19(12-15)17(20)16(18)14-6-4-3-5-7-14/h3-7,13,15-16H,8-12,18H2,1-2H3. The van der Waals surface area contributed by atoms with Gasteiger partial charge in [-0.15, -0.1) is 0 Å². The van der Waals surface area contributed by atoms with Crippen LogP contribution in [0, 0.1) is 5.92 Å². The van der Waals surface area contributed by atoms with Crippen LogP contribution in [0.5, 0.6) is 0 Å². The highest BCUT2D eigenvalue weighted by atomic mass is 16.5. The zero-order valence-corrected chi connectivity index (χ0v) is 13.0. The molecule has 2 unspecified atom stereocenters. The summed E-state index contributed by atoms with van der Waals surface area (Å²) in [7, 11) is 0. The van der Waals surface area contributed by atoms with Crippen LogP contribution < -0.4 is 5.73 Å². The van der Waals surface area contributed by atoms with Crippen LogP contribution in [-0.4, -0.2) is 36.6 Å². The van der Waals surface area contributed by atoms with Gasteiger partial charge in [0.1, 0.15) is 6.04 Å². The predicted octanol–water partition coefficient (Wildman–Crippen LogP) is 2.35. The first kappa shape index (κ1) is 16.0. The van der Waals surface area contributed by atoms with Gasteiger partial charge >= 0.3 is 0 Å². The van der Waals surface area contributed by atoms with Crippen molar-refractivity contribution in [2.45, 2.75) is 38.8 Å². The van der Waals surface area contributed by atoms with Gasteiger partial charge in [0.05, 0.1) is 6.10 Å². The number of nitrogens with two attached hydrogens (primary N) is 1. The fraction of sp³-hybridized carbons (Fsp3) is 0.588. The number of carbonyl (C=O) groups excluding carboxylic acids is 1. The molecule has 0 aromatic heterocycles. The zero-order chi connectivity index (χ0) is 15.2. The van der Waals surface area contributed by atoms with Crippen LogP contribution in [0.25, 0.3) is 0 Å². The van der Waals surface area contributed by atoms with E-state index in [1.807, 2.05) is 35.2 Å². The predicted molar refractivity (Wildman–Crippen MR) is 83.8 cm³/mol. The molecule has 2 rings (SSSR count). The molecule has 0 radical (unpaired) electrons. The van der Waals surface area contributed by atoms with Crippen LogP contribution in [0.2, 0.25) is 0 Å². The molecule has 21 heavy (non-hydrogen) atoms. The largest absolute Gasteiger partial charge is 0.376 e. The van der Waals surface area contributed by atoms with Crippen LogP contribution in [-0.2, 0) is 9.53 Å². The Hall–Kier alpha value is -1.39. The summed E-state index contributed by atoms with van der Waals surface area (Å²) in [5, 5.41) is 0. The molecule has 1 aliphatic heterocycles. The lowest BCUT2D eigenvalue weighted by atomic mass is 10.1. The molecule has 0 aliphatic carbocycles. The monoisotopic (exact) mass is 290 g/mol. The number of carbonyl (C=O) groups is 1. The highest BCUT2D eigenvalue weighted by Gasteiger charge is 2.30. The van der Waals surface area contributed by atoms with Crippen LogP contribution in [0.15, 0.2) is 30.3 Å². The average Bonchev–Trinajstić information content (AvgIpc) is 2.95. The lowest BCUT2D eigenvalue weighted by Gasteiger charge is -2.21. The van der Waals surface area contributed by atoms with Crippen LogP contribution in [0.4, 0.5) is 0 Å². The minimum absolute atomic E-state index is 0.00356. The van der Waals surface area contributed by atoms with Crippen molar-refractivity contribution in [1.29, 1.82) is 0 Å². The molecule has 116 valence electrons. The van der Waals surface area contributed by atoms with E-state index in [-0.39, 0.29) is 12.0 Å². The molecule has 2 N–H and O–H groups in total. The summed E-state index contributed by atoms with van der Waals surface area (Å²) in [6, 6.07) is 8.97. The van der Waals surface area contributed by atoms with Crippen molar-refractivity contribution >= 4 is 5.91 Å². The van der Waals surface area contributed by atoms with Crippen molar-refractivity contribution in [1.82, 2.24) is 4.90 Å². The summed E-state index contributed by atoms with van der Waals surface area (Å²) in [4.78, 5) is 14.2. The fourth-order valence-electron chi connectivity index (χ4n) is 2.53. The molecule has 1 saturated heterocycles. The van der Waals surface area contributed by atoms with E-state index in [0.29, 0.717) is 12.5 Å². The van der Waals surface area contributed by atoms with Gasteiger partial charge in [-0.3, -0.25) is 4.79 Å². The Bertz CT molecular complexity index is 447. The smallest absolute Gasteiger partial charge is 0.244 e. The first-order chi connectivity index (χ1) is 10.1. The molecule has 1 amide bonds. The van der Waals surface area contributed by atoms with E-state index in [1.165, 1.54) is 0 Å². The summed E-state index contributed by atoms with van der Waals surface area (Å²) >= 11 is 0. The maximum absolute atomic E-state index is 12.4. The third kappa shape index (κ3) is 4.55. The quantitative estimate of drug-likeness (QED) is 0.875. The van der Waals surface area contributed by atoms with Crippen molar-refractivity contribution in [3.63, 3.8) is 0 Å². The van der Waals surface area contributed by atoms with E-state index in [4.69, 9.17) is 10.5 Å². The van der Waals surface area contributed by atoms with Gasteiger partial charge in [-0.1, -0.05) is 44.2 Å². The maximum atomic E-state index is 12.4. The van der Waals surface area contributed by atoms with Gasteiger partial charge in [0.25, 0.3) is 0 Å². The van der Waals surface area contributed by atoms with Crippen LogP contribution in [0.1, 0.15) is 38.3 Å². The van der Waals surface area contributed by atoms with Gasteiger partial charge in [-0.2, -0.15) is 0 Å². The van der Waals surface area contributed by atoms with E-state index >= 15 is 0 Å². The minimum atomic E-state index is -0.569. The molecular formula is C17H26N2O2. The Kier molecular flexibility index (Phi) is 5.76. The Morgan fingerprint density at radius 2 is 2.10 bits per heavy atom. The number of rotatable bonds is 6. The maximum Gasteiger partial charge on any atom is 0.244 e. The lowest BCUT2D eigenvalue weighted by Crippen LogP contribution is -2.37. The summed E-state index contributed by atoms with van der Waals surface area (Å²) in [5.41, 5.74) is 6.94. The Labute approximate surface area is 127 Å². The Balaban J connectivity index is 1.82. The molecule has 1 heterocycles. The second-order valence-corrected chi connectivity index (χ2v) is 6.14. The topological polar surface area (TPSA) is 55.6 Å². The number of hydrogen-bond acceptors (Lipinski definition) is 3. The number of ether oxygens (including phenoxy) is 1. The highest BCUT2D eigenvalue weighted by molar-refractivity contribution is 5.83. The molecule has 1 fully saturated rings. The Morgan fingerprint density at radius 1 is 1.38 bits per heavy atom. The zero-order valence-electron chi connectivity index (χ0n) is 13.0. The van der Waals surface area contributed by atoms with E-state index in [0.717, 1.165) is 31.6 Å². The first-order valence-electron chi connectivity index (χ1n) is 7.79. The number of hydrogen-bond donors (Lipinski definition) is 1. The summed E-state index contributed by atoms with van der Waals surface area (Å²) in [5.74, 6) is 0.645. The normalized spacial score (nSPS) is 20.0. The van der Waals surface area contributed by atoms with Crippen molar-refractivity contribution < 1.29 is 9.53 Å². The van der Waals surface area contributed by atoms with Crippen molar-refractivity contribution in [2.24, 2.45) is 11.7 Å². The van der Waals surface area contributed by atoms with Crippen molar-refractivity contribution in [3.8, 4) is 0 Å². The molecule has 1 aliphatic rings. The fourth-order valence-corrected chi connectivity index (χ4v) is 2.53. The number of nitrogens with zero attached hydrogens (tertiary/aromatic N) is 1. The number of amides is 1. The molecule has 0 spiro atoms. The first-order valence-corrected chi connectivity index (χ1v) is 7.79. The second-order valence-electron chi connectivity index (χ2n) is 6.14. The van der Waals surface area contributed by atoms with E-state index in [9.17, 15) is 4.79 Å².